The van der Waals surface area contributed by atoms with Gasteiger partial charge in [0.2, 0.25) is 5.88 Å². The molecular weight excluding hydrogens is 350 g/mol. The lowest BCUT2D eigenvalue weighted by Crippen LogP contribution is -2.22. The summed E-state index contributed by atoms with van der Waals surface area (Å²) in [6.45, 7) is 7.26. The first-order valence-electron chi connectivity index (χ1n) is 9.97. The normalized spacial score (nSPS) is 17.8. The second kappa shape index (κ2) is 8.00. The molecule has 3 aromatic rings. The topological polar surface area (TPSA) is 63.8 Å². The van der Waals surface area contributed by atoms with Crippen LogP contribution >= 0.6 is 0 Å². The lowest BCUT2D eigenvalue weighted by molar-refractivity contribution is 0.188. The molecule has 4 rings (SSSR count). The molecule has 1 aliphatic rings. The van der Waals surface area contributed by atoms with Gasteiger partial charge in [-0.3, -0.25) is 4.99 Å². The molecule has 6 heteroatoms. The zero-order valence-electron chi connectivity index (χ0n) is 16.7. The van der Waals surface area contributed by atoms with E-state index in [1.54, 1.807) is 0 Å². The molecule has 0 fully saturated rings. The number of benzene rings is 1. The van der Waals surface area contributed by atoms with Crippen molar-refractivity contribution in [3.63, 3.8) is 0 Å². The maximum atomic E-state index is 6.20. The molecule has 146 valence electrons. The van der Waals surface area contributed by atoms with Crippen molar-refractivity contribution in [2.75, 3.05) is 11.9 Å². The van der Waals surface area contributed by atoms with Crippen molar-refractivity contribution in [3.8, 4) is 5.88 Å². The van der Waals surface area contributed by atoms with Crippen molar-refractivity contribution in [1.82, 2.24) is 14.6 Å². The van der Waals surface area contributed by atoms with Crippen LogP contribution in [0.1, 0.15) is 56.8 Å². The Kier molecular flexibility index (Phi) is 5.28. The molecular formula is C22H27N5O. The fraction of sp³-hybridized carbons (Fsp3) is 0.409. The van der Waals surface area contributed by atoms with Gasteiger partial charge in [0.25, 0.3) is 0 Å². The van der Waals surface area contributed by atoms with Crippen LogP contribution in [0.3, 0.4) is 0 Å². The molecule has 1 N–H and O–H groups in total. The van der Waals surface area contributed by atoms with E-state index < -0.39 is 0 Å². The van der Waals surface area contributed by atoms with Crippen LogP contribution in [0.2, 0.25) is 0 Å². The summed E-state index contributed by atoms with van der Waals surface area (Å²) in [4.78, 5) is 8.92. The molecule has 0 saturated carbocycles. The first-order valence-corrected chi connectivity index (χ1v) is 9.97. The van der Waals surface area contributed by atoms with E-state index in [1.807, 2.05) is 29.1 Å². The lowest BCUT2D eigenvalue weighted by atomic mass is 10.1. The van der Waals surface area contributed by atoms with Gasteiger partial charge in [0.05, 0.1) is 17.6 Å². The average Bonchev–Trinajstić information content (AvgIpc) is 3.14. The highest BCUT2D eigenvalue weighted by Crippen LogP contribution is 2.28. The smallest absolute Gasteiger partial charge is 0.234 e. The maximum Gasteiger partial charge on any atom is 0.234 e. The third-order valence-electron chi connectivity index (χ3n) is 5.10. The zero-order chi connectivity index (χ0) is 19.5. The SMILES string of the molecule is CC(C)c1cnc2c(N[C@@H](C)c3ccccc3)cc(OC3CC=NCC3)nn12. The highest BCUT2D eigenvalue weighted by Gasteiger charge is 2.19. The van der Waals surface area contributed by atoms with E-state index in [4.69, 9.17) is 9.84 Å². The third-order valence-corrected chi connectivity index (χ3v) is 5.10. The number of rotatable bonds is 6. The molecule has 0 amide bonds. The van der Waals surface area contributed by atoms with Gasteiger partial charge in [-0.05, 0) is 18.4 Å². The Balaban J connectivity index is 1.69. The average molecular weight is 377 g/mol. The predicted molar refractivity (Wildman–Crippen MR) is 113 cm³/mol. The summed E-state index contributed by atoms with van der Waals surface area (Å²) in [6.07, 6.45) is 5.71. The van der Waals surface area contributed by atoms with Crippen molar-refractivity contribution in [2.45, 2.75) is 51.7 Å². The predicted octanol–water partition coefficient (Wildman–Crippen LogP) is 4.64. The summed E-state index contributed by atoms with van der Waals surface area (Å²) in [5, 5.41) is 8.34. The molecule has 6 nitrogen and oxygen atoms in total. The fourth-order valence-corrected chi connectivity index (χ4v) is 3.48. The summed E-state index contributed by atoms with van der Waals surface area (Å²) >= 11 is 0. The molecule has 0 aliphatic carbocycles. The van der Waals surface area contributed by atoms with Crippen molar-refractivity contribution < 1.29 is 4.74 Å². The Morgan fingerprint density at radius 1 is 1.18 bits per heavy atom. The summed E-state index contributed by atoms with van der Waals surface area (Å²) < 4.78 is 8.12. The van der Waals surface area contributed by atoms with Gasteiger partial charge in [0.1, 0.15) is 6.10 Å². The first-order chi connectivity index (χ1) is 13.6. The standard InChI is InChI=1S/C22H27N5O/c1-15(2)20-14-24-22-19(25-16(3)17-7-5-4-6-8-17)13-21(26-27(20)22)28-18-9-11-23-12-10-18/h4-8,11,13-16,18,25H,9-10,12H2,1-3H3/t16-,18?/m0/s1. The van der Waals surface area contributed by atoms with Crippen LogP contribution in [0.4, 0.5) is 5.69 Å². The van der Waals surface area contributed by atoms with Gasteiger partial charge < -0.3 is 10.1 Å². The summed E-state index contributed by atoms with van der Waals surface area (Å²) in [5.41, 5.74) is 4.04. The highest BCUT2D eigenvalue weighted by atomic mass is 16.5. The molecule has 1 unspecified atom stereocenters. The fourth-order valence-electron chi connectivity index (χ4n) is 3.48. The van der Waals surface area contributed by atoms with Gasteiger partial charge in [0.15, 0.2) is 5.65 Å². The number of anilines is 1. The van der Waals surface area contributed by atoms with Crippen molar-refractivity contribution in [2.24, 2.45) is 4.99 Å². The van der Waals surface area contributed by atoms with E-state index in [0.29, 0.717) is 11.8 Å². The number of fused-ring (bicyclic) bond motifs is 1. The second-order valence-electron chi connectivity index (χ2n) is 7.60. The largest absolute Gasteiger partial charge is 0.473 e. The first kappa shape index (κ1) is 18.5. The van der Waals surface area contributed by atoms with Gasteiger partial charge in [-0.25, -0.2) is 9.50 Å². The molecule has 1 aromatic carbocycles. The highest BCUT2D eigenvalue weighted by molar-refractivity contribution is 5.69. The number of aromatic nitrogens is 3. The second-order valence-corrected chi connectivity index (χ2v) is 7.60. The van der Waals surface area contributed by atoms with Crippen LogP contribution < -0.4 is 10.1 Å². The molecule has 3 heterocycles. The monoisotopic (exact) mass is 377 g/mol. The number of ether oxygens (including phenoxy) is 1. The van der Waals surface area contributed by atoms with Gasteiger partial charge in [-0.1, -0.05) is 44.2 Å². The molecule has 28 heavy (non-hydrogen) atoms. The molecule has 0 bridgehead atoms. The van der Waals surface area contributed by atoms with Crippen LogP contribution in [0.5, 0.6) is 5.88 Å². The Labute approximate surface area is 165 Å². The molecule has 1 aliphatic heterocycles. The van der Waals surface area contributed by atoms with Crippen LogP contribution in [-0.2, 0) is 0 Å². The number of hydrogen-bond donors (Lipinski definition) is 1. The van der Waals surface area contributed by atoms with Crippen LogP contribution in [-0.4, -0.2) is 33.5 Å². The van der Waals surface area contributed by atoms with E-state index in [1.165, 1.54) is 5.56 Å². The van der Waals surface area contributed by atoms with Crippen LogP contribution in [0.25, 0.3) is 5.65 Å². The summed E-state index contributed by atoms with van der Waals surface area (Å²) in [7, 11) is 0. The lowest BCUT2D eigenvalue weighted by Gasteiger charge is -2.21. The Morgan fingerprint density at radius 2 is 2.00 bits per heavy atom. The van der Waals surface area contributed by atoms with E-state index in [2.05, 4.69) is 60.3 Å². The van der Waals surface area contributed by atoms with E-state index in [-0.39, 0.29) is 12.1 Å². The van der Waals surface area contributed by atoms with Crippen molar-refractivity contribution in [1.29, 1.82) is 0 Å². The van der Waals surface area contributed by atoms with E-state index in [0.717, 1.165) is 36.4 Å². The Hall–Kier alpha value is -2.89. The quantitative estimate of drug-likeness (QED) is 0.680. The minimum Gasteiger partial charge on any atom is -0.473 e. The number of nitrogens with zero attached hydrogens (tertiary/aromatic N) is 4. The Bertz CT molecular complexity index is 964. The van der Waals surface area contributed by atoms with Crippen LogP contribution in [0, 0.1) is 0 Å². The van der Waals surface area contributed by atoms with Crippen molar-refractivity contribution >= 4 is 17.5 Å². The Morgan fingerprint density at radius 3 is 2.71 bits per heavy atom. The summed E-state index contributed by atoms with van der Waals surface area (Å²) in [6, 6.07) is 12.5. The minimum atomic E-state index is 0.118. The molecule has 2 aromatic heterocycles. The van der Waals surface area contributed by atoms with Gasteiger partial charge in [-0.15, -0.1) is 5.10 Å². The van der Waals surface area contributed by atoms with Crippen molar-refractivity contribution in [3.05, 3.63) is 53.9 Å². The molecule has 2 atom stereocenters. The van der Waals surface area contributed by atoms with Gasteiger partial charge >= 0.3 is 0 Å². The third kappa shape index (κ3) is 3.86. The molecule has 0 spiro atoms. The van der Waals surface area contributed by atoms with E-state index >= 15 is 0 Å². The van der Waals surface area contributed by atoms with Gasteiger partial charge in [-0.2, -0.15) is 0 Å². The summed E-state index contributed by atoms with van der Waals surface area (Å²) in [5.74, 6) is 0.939. The number of hydrogen-bond acceptors (Lipinski definition) is 5. The van der Waals surface area contributed by atoms with Crippen LogP contribution in [0.15, 0.2) is 47.6 Å². The molecule has 0 radical (unpaired) electrons. The molecule has 0 saturated heterocycles. The van der Waals surface area contributed by atoms with Gasteiger partial charge in [0, 0.05) is 37.7 Å². The number of imidazole rings is 1. The minimum absolute atomic E-state index is 0.118. The zero-order valence-corrected chi connectivity index (χ0v) is 16.7. The maximum absolute atomic E-state index is 6.20. The number of nitrogens with one attached hydrogen (secondary N) is 1. The van der Waals surface area contributed by atoms with E-state index in [9.17, 15) is 0 Å². The number of aliphatic imine (C=N–C) groups is 1.